The van der Waals surface area contributed by atoms with E-state index in [1.165, 1.54) is 23.9 Å². The van der Waals surface area contributed by atoms with Gasteiger partial charge in [-0.15, -0.1) is 5.10 Å². The van der Waals surface area contributed by atoms with E-state index in [0.29, 0.717) is 21.7 Å². The lowest BCUT2D eigenvalue weighted by Crippen LogP contribution is -2.14. The standard InChI is InChI=1S/C16H10BrCl3N4OS/c17-9-3-1-2-8(4-9)15-22-16(24-23-15)26-7-13(25)21-14-11(19)5-10(18)6-12(14)20/h1-6H,7H2,(H,21,25)(H,22,23,24). The lowest BCUT2D eigenvalue weighted by molar-refractivity contribution is -0.113. The number of rotatable bonds is 5. The van der Waals surface area contributed by atoms with E-state index >= 15 is 0 Å². The van der Waals surface area contributed by atoms with Crippen molar-refractivity contribution >= 4 is 74.1 Å². The molecule has 1 aromatic heterocycles. The average Bonchev–Trinajstić information content (AvgIpc) is 3.05. The second-order valence-corrected chi connectivity index (χ2v) is 8.17. The number of hydrogen-bond donors (Lipinski definition) is 2. The first-order valence-corrected chi connectivity index (χ1v) is 10.1. The molecule has 1 amide bonds. The Morgan fingerprint density at radius 2 is 1.92 bits per heavy atom. The number of halogens is 4. The summed E-state index contributed by atoms with van der Waals surface area (Å²) in [5.41, 5.74) is 1.22. The molecule has 0 unspecified atom stereocenters. The van der Waals surface area contributed by atoms with E-state index in [9.17, 15) is 4.79 Å². The Labute approximate surface area is 177 Å². The van der Waals surface area contributed by atoms with Crippen LogP contribution in [-0.4, -0.2) is 26.8 Å². The van der Waals surface area contributed by atoms with Crippen LogP contribution >= 0.6 is 62.5 Å². The summed E-state index contributed by atoms with van der Waals surface area (Å²) in [7, 11) is 0. The quantitative estimate of drug-likeness (QED) is 0.434. The molecule has 134 valence electrons. The van der Waals surface area contributed by atoms with Gasteiger partial charge in [0.25, 0.3) is 0 Å². The Balaban J connectivity index is 1.62. The van der Waals surface area contributed by atoms with Gasteiger partial charge >= 0.3 is 0 Å². The molecule has 0 saturated carbocycles. The van der Waals surface area contributed by atoms with E-state index in [4.69, 9.17) is 34.8 Å². The molecule has 0 atom stereocenters. The van der Waals surface area contributed by atoms with Crippen LogP contribution in [0, 0.1) is 0 Å². The molecule has 3 aromatic rings. The summed E-state index contributed by atoms with van der Waals surface area (Å²) >= 11 is 22.6. The maximum atomic E-state index is 12.1. The monoisotopic (exact) mass is 490 g/mol. The number of hydrogen-bond acceptors (Lipinski definition) is 4. The highest BCUT2D eigenvalue weighted by atomic mass is 79.9. The number of carbonyl (C=O) groups excluding carboxylic acids is 1. The highest BCUT2D eigenvalue weighted by Gasteiger charge is 2.13. The molecule has 10 heteroatoms. The van der Waals surface area contributed by atoms with Crippen molar-refractivity contribution in [1.29, 1.82) is 0 Å². The first-order chi connectivity index (χ1) is 12.4. The molecule has 0 aliphatic heterocycles. The van der Waals surface area contributed by atoms with Gasteiger partial charge in [-0.2, -0.15) is 0 Å². The van der Waals surface area contributed by atoms with Crippen LogP contribution in [0.15, 0.2) is 46.0 Å². The van der Waals surface area contributed by atoms with Crippen molar-refractivity contribution < 1.29 is 4.79 Å². The molecular weight excluding hydrogens is 483 g/mol. The molecule has 3 rings (SSSR count). The van der Waals surface area contributed by atoms with Gasteiger partial charge in [0.05, 0.1) is 21.5 Å². The zero-order valence-electron chi connectivity index (χ0n) is 12.9. The minimum absolute atomic E-state index is 0.102. The Morgan fingerprint density at radius 1 is 1.19 bits per heavy atom. The Bertz CT molecular complexity index is 943. The maximum Gasteiger partial charge on any atom is 0.234 e. The molecule has 0 aliphatic carbocycles. The van der Waals surface area contributed by atoms with Crippen molar-refractivity contribution in [1.82, 2.24) is 15.2 Å². The van der Waals surface area contributed by atoms with Crippen LogP contribution in [0.25, 0.3) is 11.4 Å². The van der Waals surface area contributed by atoms with Crippen molar-refractivity contribution in [3.8, 4) is 11.4 Å². The smallest absolute Gasteiger partial charge is 0.234 e. The zero-order chi connectivity index (χ0) is 18.7. The third-order valence-electron chi connectivity index (χ3n) is 3.17. The zero-order valence-corrected chi connectivity index (χ0v) is 17.6. The molecule has 0 spiro atoms. The van der Waals surface area contributed by atoms with E-state index < -0.39 is 0 Å². The number of nitrogens with one attached hydrogen (secondary N) is 2. The first kappa shape index (κ1) is 19.5. The third kappa shape index (κ3) is 4.92. The molecule has 5 nitrogen and oxygen atoms in total. The Morgan fingerprint density at radius 3 is 2.62 bits per heavy atom. The lowest BCUT2D eigenvalue weighted by Gasteiger charge is -2.09. The molecule has 2 aromatic carbocycles. The fourth-order valence-electron chi connectivity index (χ4n) is 2.04. The lowest BCUT2D eigenvalue weighted by atomic mass is 10.2. The first-order valence-electron chi connectivity index (χ1n) is 7.18. The van der Waals surface area contributed by atoms with Crippen molar-refractivity contribution in [3.63, 3.8) is 0 Å². The third-order valence-corrected chi connectivity index (χ3v) is 5.32. The number of carbonyl (C=O) groups is 1. The molecule has 0 bridgehead atoms. The summed E-state index contributed by atoms with van der Waals surface area (Å²) in [6, 6.07) is 10.7. The summed E-state index contributed by atoms with van der Waals surface area (Å²) < 4.78 is 0.941. The number of amides is 1. The van der Waals surface area contributed by atoms with Crippen molar-refractivity contribution in [3.05, 3.63) is 55.9 Å². The molecule has 0 fully saturated rings. The molecule has 2 N–H and O–H groups in total. The van der Waals surface area contributed by atoms with Crippen LogP contribution in [0.3, 0.4) is 0 Å². The minimum atomic E-state index is -0.282. The highest BCUT2D eigenvalue weighted by molar-refractivity contribution is 9.10. The van der Waals surface area contributed by atoms with E-state index in [0.717, 1.165) is 10.0 Å². The summed E-state index contributed by atoms with van der Waals surface area (Å²) in [6.07, 6.45) is 0. The normalized spacial score (nSPS) is 10.8. The van der Waals surface area contributed by atoms with E-state index in [2.05, 4.69) is 36.4 Å². The maximum absolute atomic E-state index is 12.1. The molecule has 0 radical (unpaired) electrons. The highest BCUT2D eigenvalue weighted by Crippen LogP contribution is 2.33. The number of aromatic amines is 1. The van der Waals surface area contributed by atoms with Crippen LogP contribution in [-0.2, 0) is 4.79 Å². The topological polar surface area (TPSA) is 70.7 Å². The predicted octanol–water partition coefficient (Wildman–Crippen LogP) is 5.93. The van der Waals surface area contributed by atoms with Gasteiger partial charge in [0.1, 0.15) is 0 Å². The van der Waals surface area contributed by atoms with Gasteiger partial charge in [-0.3, -0.25) is 9.89 Å². The van der Waals surface area contributed by atoms with E-state index in [1.54, 1.807) is 0 Å². The van der Waals surface area contributed by atoms with Gasteiger partial charge in [-0.25, -0.2) is 4.98 Å². The molecule has 1 heterocycles. The SMILES string of the molecule is O=C(CSc1n[nH]c(-c2cccc(Br)c2)n1)Nc1c(Cl)cc(Cl)cc1Cl. The summed E-state index contributed by atoms with van der Waals surface area (Å²) in [5, 5.41) is 11.0. The van der Waals surface area contributed by atoms with Crippen LogP contribution in [0.1, 0.15) is 0 Å². The van der Waals surface area contributed by atoms with Gasteiger partial charge in [0, 0.05) is 15.1 Å². The second kappa shape index (κ2) is 8.63. The van der Waals surface area contributed by atoms with Crippen molar-refractivity contribution in [2.75, 3.05) is 11.1 Å². The van der Waals surface area contributed by atoms with Crippen LogP contribution in [0.5, 0.6) is 0 Å². The number of nitrogens with zero attached hydrogens (tertiary/aromatic N) is 2. The minimum Gasteiger partial charge on any atom is -0.323 e. The Kier molecular flexibility index (Phi) is 6.47. The molecule has 26 heavy (non-hydrogen) atoms. The Hall–Kier alpha value is -1.25. The van der Waals surface area contributed by atoms with Crippen molar-refractivity contribution in [2.24, 2.45) is 0 Å². The van der Waals surface area contributed by atoms with E-state index in [-0.39, 0.29) is 21.7 Å². The van der Waals surface area contributed by atoms with Crippen LogP contribution in [0.4, 0.5) is 5.69 Å². The van der Waals surface area contributed by atoms with Crippen LogP contribution < -0.4 is 5.32 Å². The van der Waals surface area contributed by atoms with Crippen molar-refractivity contribution in [2.45, 2.75) is 5.16 Å². The van der Waals surface area contributed by atoms with Crippen LogP contribution in [0.2, 0.25) is 15.1 Å². The number of thioether (sulfide) groups is 1. The predicted molar refractivity (Wildman–Crippen MR) is 110 cm³/mol. The number of aromatic nitrogens is 3. The fourth-order valence-corrected chi connectivity index (χ4v) is 3.95. The van der Waals surface area contributed by atoms with Gasteiger partial charge in [-0.1, -0.05) is 74.6 Å². The summed E-state index contributed by atoms with van der Waals surface area (Å²) in [4.78, 5) is 16.5. The van der Waals surface area contributed by atoms with Gasteiger partial charge < -0.3 is 5.32 Å². The number of anilines is 1. The molecule has 0 aliphatic rings. The fraction of sp³-hybridized carbons (Fsp3) is 0.0625. The van der Waals surface area contributed by atoms with E-state index in [1.807, 2.05) is 24.3 Å². The van der Waals surface area contributed by atoms with Gasteiger partial charge in [0.15, 0.2) is 5.82 Å². The average molecular weight is 493 g/mol. The molecular formula is C16H10BrCl3N4OS. The summed E-state index contributed by atoms with van der Waals surface area (Å²) in [6.45, 7) is 0. The molecule has 0 saturated heterocycles. The number of H-pyrrole nitrogens is 1. The van der Waals surface area contributed by atoms with Gasteiger partial charge in [-0.05, 0) is 24.3 Å². The van der Waals surface area contributed by atoms with Gasteiger partial charge in [0.2, 0.25) is 11.1 Å². The summed E-state index contributed by atoms with van der Waals surface area (Å²) in [5.74, 6) is 0.443. The largest absolute Gasteiger partial charge is 0.323 e. The number of benzene rings is 2. The second-order valence-electron chi connectivity index (χ2n) is 5.06.